The summed E-state index contributed by atoms with van der Waals surface area (Å²) in [6, 6.07) is 114. The Morgan fingerprint density at radius 2 is 0.688 bits per heavy atom. The number of rotatable bonds is 9. The lowest BCUT2D eigenvalue weighted by molar-refractivity contribution is 0.590. The molecule has 2 aromatic heterocycles. The first kappa shape index (κ1) is 70.2. The Kier molecular flexibility index (Phi) is 15.6. The van der Waals surface area contributed by atoms with Gasteiger partial charge in [0.05, 0.1) is 55.5 Å². The first-order valence-electron chi connectivity index (χ1n) is 49.2. The predicted molar refractivity (Wildman–Crippen MR) is 546 cm³/mol. The van der Waals surface area contributed by atoms with E-state index in [1.54, 1.807) is 0 Å². The van der Waals surface area contributed by atoms with Crippen LogP contribution in [0.3, 0.4) is 0 Å². The lowest BCUT2D eigenvalue weighted by Crippen LogP contribution is -2.61. The summed E-state index contributed by atoms with van der Waals surface area (Å²) >= 11 is 0. The molecule has 0 atom stereocenters. The standard InChI is InChI=1S/C123H105BN4/c1-118(2,3)82-54-62-106(96(68-82)77-37-22-17-23-38-77)127-112-73-87(125-107-63-55-83(119(4,5)6)69-99(107)100-70-84(120(7,8)9)56-64-108(100)125)57-60-104(112)124-105-67-80(89-46-34-47-95-92-45-30-33-50-103(92)123(115(89)95)101-48-31-28-43-90(101)91-44-29-32-49-102(91)123)51-61-109(105)128(117-97(78-39-24-18-25-40-78)65-81(76-35-20-16-21-36-76)66-98(117)79-41-26-19-27-42-79)114-75-88(74-113(127)116(114)124)126-110-71-85(121(10,11)12)52-58-93(110)94-59-53-86(72-111(94)126)122(13,14)15/h16-75H,1-15H3/i28D,29D,31D,32D,43D,44D,48D,49D. The van der Waals surface area contributed by atoms with Crippen LogP contribution in [0.15, 0.2) is 364 Å². The fourth-order valence-electron chi connectivity index (χ4n) is 21.6. The van der Waals surface area contributed by atoms with Gasteiger partial charge in [0.15, 0.2) is 0 Å². The van der Waals surface area contributed by atoms with Crippen LogP contribution < -0.4 is 26.2 Å². The molecule has 5 heteroatoms. The van der Waals surface area contributed by atoms with Crippen molar-refractivity contribution in [1.82, 2.24) is 9.13 Å². The Morgan fingerprint density at radius 3 is 1.23 bits per heavy atom. The maximum absolute atomic E-state index is 10.4. The zero-order valence-corrected chi connectivity index (χ0v) is 75.4. The van der Waals surface area contributed by atoms with Gasteiger partial charge in [-0.2, -0.15) is 0 Å². The van der Waals surface area contributed by atoms with Crippen LogP contribution in [-0.4, -0.2) is 15.8 Å². The molecule has 128 heavy (non-hydrogen) atoms. The minimum atomic E-state index is -1.72. The molecule has 620 valence electrons. The molecule has 4 heterocycles. The number of nitrogens with zero attached hydrogens (tertiary/aromatic N) is 4. The number of anilines is 6. The van der Waals surface area contributed by atoms with Gasteiger partial charge in [-0.1, -0.05) is 377 Å². The van der Waals surface area contributed by atoms with Gasteiger partial charge in [-0.25, -0.2) is 0 Å². The van der Waals surface area contributed by atoms with Crippen LogP contribution >= 0.6 is 0 Å². The van der Waals surface area contributed by atoms with Crippen molar-refractivity contribution in [2.75, 3.05) is 9.80 Å². The maximum atomic E-state index is 10.4. The van der Waals surface area contributed by atoms with E-state index in [-0.39, 0.29) is 73.5 Å². The topological polar surface area (TPSA) is 16.3 Å². The van der Waals surface area contributed by atoms with Gasteiger partial charge in [-0.15, -0.1) is 0 Å². The summed E-state index contributed by atoms with van der Waals surface area (Å²) in [4.78, 5) is 5.25. The van der Waals surface area contributed by atoms with E-state index in [1.165, 1.54) is 38.6 Å². The van der Waals surface area contributed by atoms with Crippen LogP contribution in [-0.2, 0) is 32.5 Å². The van der Waals surface area contributed by atoms with Gasteiger partial charge in [0.2, 0.25) is 0 Å². The summed E-state index contributed by atoms with van der Waals surface area (Å²) < 4.78 is 84.2. The largest absolute Gasteiger partial charge is 0.311 e. The van der Waals surface area contributed by atoms with Crippen LogP contribution in [0.4, 0.5) is 34.1 Å². The van der Waals surface area contributed by atoms with Crippen LogP contribution in [0.1, 0.15) is 165 Å². The molecule has 0 N–H and O–H groups in total. The van der Waals surface area contributed by atoms with E-state index in [9.17, 15) is 11.0 Å². The van der Waals surface area contributed by atoms with Gasteiger partial charge in [-0.05, 0) is 246 Å². The zero-order valence-electron chi connectivity index (χ0n) is 83.4. The first-order valence-corrected chi connectivity index (χ1v) is 45.2. The second-order valence-corrected chi connectivity index (χ2v) is 41.0. The molecule has 0 radical (unpaired) electrons. The third-order valence-electron chi connectivity index (χ3n) is 28.1. The van der Waals surface area contributed by atoms with Crippen LogP contribution in [0.5, 0.6) is 0 Å². The Bertz CT molecular complexity index is 8070. The van der Waals surface area contributed by atoms with Crippen molar-refractivity contribution >= 4 is 101 Å². The average Bonchev–Trinajstić information content (AvgIpc) is 1.47. The number of hydrogen-bond donors (Lipinski definition) is 0. The van der Waals surface area contributed by atoms with E-state index in [4.69, 9.17) is 0 Å². The molecule has 0 unspecified atom stereocenters. The van der Waals surface area contributed by atoms with Gasteiger partial charge in [0, 0.05) is 66.7 Å². The van der Waals surface area contributed by atoms with Crippen molar-refractivity contribution in [1.29, 1.82) is 0 Å². The average molecular weight is 1660 g/mol. The first-order chi connectivity index (χ1) is 65.0. The highest BCUT2D eigenvalue weighted by Gasteiger charge is 2.54. The summed E-state index contributed by atoms with van der Waals surface area (Å²) in [6.45, 7) is 34.0. The SMILES string of the molecule is [2H]c1c([2H])c([2H])c2c(c1[2H])-c1c([2H])c([2H])c([2H])c([2H])c1C21c2ccccc2-c2cccc(-c3ccc4c(c3)B3c5ccc(-n6c7ccc(C(C)(C)C)cc7c7cc(C(C)(C)C)ccc76)cc5N(c5ccc(C(C)(C)C)cc5-c5ccccc5)c5cc(-n6c7cc(C(C)(C)C)ccc7c7ccc(C(C)(C)C)cc76)cc(c53)N4c3c(-c4ccccc4)cc(-c4ccccc4)cc3-c3ccccc3)c21. The molecular formula is C123H105BN4. The summed E-state index contributed by atoms with van der Waals surface area (Å²) in [6.07, 6.45) is 0. The molecule has 2 aliphatic carbocycles. The smallest absolute Gasteiger partial charge is 0.252 e. The minimum Gasteiger partial charge on any atom is -0.311 e. The van der Waals surface area contributed by atoms with E-state index >= 15 is 0 Å². The monoisotopic (exact) mass is 1660 g/mol. The molecule has 0 saturated carbocycles. The highest BCUT2D eigenvalue weighted by Crippen LogP contribution is 2.65. The van der Waals surface area contributed by atoms with Crippen LogP contribution in [0.25, 0.3) is 133 Å². The molecule has 0 fully saturated rings. The molecule has 17 aromatic carbocycles. The normalized spacial score (nSPS) is 14.6. The summed E-state index contributed by atoms with van der Waals surface area (Å²) in [5.41, 5.74) is 31.7. The fraction of sp³-hybridized carbons (Fsp3) is 0.171. The van der Waals surface area contributed by atoms with Crippen molar-refractivity contribution in [2.45, 2.75) is 136 Å². The second-order valence-electron chi connectivity index (χ2n) is 41.0. The van der Waals surface area contributed by atoms with E-state index < -0.39 is 36.3 Å². The van der Waals surface area contributed by atoms with Crippen molar-refractivity contribution in [3.05, 3.63) is 414 Å². The van der Waals surface area contributed by atoms with Gasteiger partial charge in [0.25, 0.3) is 6.71 Å². The second kappa shape index (κ2) is 28.5. The van der Waals surface area contributed by atoms with Crippen LogP contribution in [0.2, 0.25) is 0 Å². The Balaban J connectivity index is 0.925. The Morgan fingerprint density at radius 1 is 0.250 bits per heavy atom. The van der Waals surface area contributed by atoms with Gasteiger partial charge in [0.1, 0.15) is 0 Å². The third-order valence-corrected chi connectivity index (χ3v) is 28.1. The summed E-state index contributed by atoms with van der Waals surface area (Å²) in [5, 5.41) is 4.65. The van der Waals surface area contributed by atoms with Crippen molar-refractivity contribution in [3.8, 4) is 89.3 Å². The summed E-state index contributed by atoms with van der Waals surface area (Å²) in [5.74, 6) is 0. The van der Waals surface area contributed by atoms with E-state index in [2.05, 4.69) is 414 Å². The minimum absolute atomic E-state index is 0.0680. The summed E-state index contributed by atoms with van der Waals surface area (Å²) in [7, 11) is 0. The van der Waals surface area contributed by atoms with Gasteiger partial charge < -0.3 is 18.9 Å². The van der Waals surface area contributed by atoms with Crippen LogP contribution in [0, 0.1) is 0 Å². The molecule has 4 nitrogen and oxygen atoms in total. The van der Waals surface area contributed by atoms with Gasteiger partial charge in [-0.3, -0.25) is 0 Å². The number of aromatic nitrogens is 2. The van der Waals surface area contributed by atoms with E-state index in [0.717, 1.165) is 161 Å². The highest BCUT2D eigenvalue weighted by atomic mass is 15.2. The Hall–Kier alpha value is -14.0. The maximum Gasteiger partial charge on any atom is 0.252 e. The quantitative estimate of drug-likeness (QED) is 0.134. The number of fused-ring (bicyclic) bond motifs is 20. The molecule has 2 aliphatic heterocycles. The lowest BCUT2D eigenvalue weighted by Gasteiger charge is -2.46. The van der Waals surface area contributed by atoms with E-state index in [1.807, 2.05) is 24.3 Å². The van der Waals surface area contributed by atoms with Crippen molar-refractivity contribution in [3.63, 3.8) is 0 Å². The van der Waals surface area contributed by atoms with Gasteiger partial charge >= 0.3 is 0 Å². The molecule has 1 spiro atoms. The van der Waals surface area contributed by atoms with Crippen molar-refractivity contribution < 1.29 is 11.0 Å². The third kappa shape index (κ3) is 12.1. The Labute approximate surface area is 765 Å². The molecular weight excluding hydrogens is 1540 g/mol. The number of benzene rings is 17. The molecule has 0 saturated heterocycles. The molecule has 0 bridgehead atoms. The lowest BCUT2D eigenvalue weighted by atomic mass is 9.33. The predicted octanol–water partition coefficient (Wildman–Crippen LogP) is 31.1. The van der Waals surface area contributed by atoms with E-state index in [0.29, 0.717) is 11.1 Å². The fourth-order valence-corrected chi connectivity index (χ4v) is 21.6. The molecule has 19 aromatic rings. The highest BCUT2D eigenvalue weighted by molar-refractivity contribution is 7.00. The molecule has 23 rings (SSSR count). The molecule has 4 aliphatic rings. The van der Waals surface area contributed by atoms with Crippen molar-refractivity contribution in [2.24, 2.45) is 0 Å². The molecule has 0 amide bonds. The zero-order chi connectivity index (χ0) is 94.5. The number of hydrogen-bond acceptors (Lipinski definition) is 2.